The van der Waals surface area contributed by atoms with Crippen LogP contribution < -0.4 is 5.32 Å². The molecule has 0 bridgehead atoms. The molecule has 0 spiro atoms. The molecule has 6 nitrogen and oxygen atoms in total. The molecule has 114 valence electrons. The molecule has 2 N–H and O–H groups in total. The van der Waals surface area contributed by atoms with Gasteiger partial charge in [-0.05, 0) is 58.2 Å². The summed E-state index contributed by atoms with van der Waals surface area (Å²) in [4.78, 5) is 26.8. The van der Waals surface area contributed by atoms with Crippen molar-refractivity contribution in [3.8, 4) is 0 Å². The van der Waals surface area contributed by atoms with E-state index in [1.165, 1.54) is 17.7 Å². The first-order valence-electron chi connectivity index (χ1n) is 7.53. The summed E-state index contributed by atoms with van der Waals surface area (Å²) in [6, 6.07) is -0.860. The number of nitrogens with one attached hydrogen (secondary N) is 1. The molecule has 2 aliphatic rings. The summed E-state index contributed by atoms with van der Waals surface area (Å²) in [7, 11) is 2.14. The first kappa shape index (κ1) is 15.1. The van der Waals surface area contributed by atoms with E-state index in [2.05, 4.69) is 17.3 Å². The molecule has 6 heteroatoms. The Bertz CT molecular complexity index is 354. The highest BCUT2D eigenvalue weighted by atomic mass is 16.4. The standard InChI is InChI=1S/C14H25N3O3/c1-16-9-5-11(6-10-16)4-7-15-14(20)17-8-2-3-12(17)13(18)19/h11-12H,2-10H2,1H3,(H,15,20)(H,18,19)/t12-/m0/s1. The van der Waals surface area contributed by atoms with Gasteiger partial charge in [-0.3, -0.25) is 0 Å². The maximum atomic E-state index is 12.0. The van der Waals surface area contributed by atoms with Gasteiger partial charge in [-0.1, -0.05) is 0 Å². The zero-order valence-electron chi connectivity index (χ0n) is 12.2. The smallest absolute Gasteiger partial charge is 0.326 e. The monoisotopic (exact) mass is 283 g/mol. The number of piperidine rings is 1. The molecule has 0 aromatic rings. The largest absolute Gasteiger partial charge is 0.480 e. The van der Waals surface area contributed by atoms with Crippen molar-refractivity contribution in [2.24, 2.45) is 5.92 Å². The Morgan fingerprint density at radius 2 is 1.90 bits per heavy atom. The number of nitrogens with zero attached hydrogens (tertiary/aromatic N) is 2. The van der Waals surface area contributed by atoms with Gasteiger partial charge in [-0.25, -0.2) is 9.59 Å². The van der Waals surface area contributed by atoms with E-state index >= 15 is 0 Å². The maximum Gasteiger partial charge on any atom is 0.326 e. The number of amides is 2. The minimum absolute atomic E-state index is 0.220. The fraction of sp³-hybridized carbons (Fsp3) is 0.857. The fourth-order valence-electron chi connectivity index (χ4n) is 3.10. The second kappa shape index (κ2) is 6.92. The lowest BCUT2D eigenvalue weighted by atomic mass is 9.94. The van der Waals surface area contributed by atoms with E-state index in [9.17, 15) is 9.59 Å². The van der Waals surface area contributed by atoms with E-state index in [0.717, 1.165) is 25.9 Å². The molecule has 2 rings (SSSR count). The number of hydrogen-bond acceptors (Lipinski definition) is 3. The topological polar surface area (TPSA) is 72.9 Å². The molecule has 2 fully saturated rings. The Hall–Kier alpha value is -1.30. The van der Waals surface area contributed by atoms with Gasteiger partial charge in [0.1, 0.15) is 6.04 Å². The number of hydrogen-bond donors (Lipinski definition) is 2. The molecule has 0 unspecified atom stereocenters. The Kier molecular flexibility index (Phi) is 5.23. The average Bonchev–Trinajstić information content (AvgIpc) is 2.90. The minimum atomic E-state index is -0.895. The van der Waals surface area contributed by atoms with E-state index in [-0.39, 0.29) is 6.03 Å². The Morgan fingerprint density at radius 3 is 2.55 bits per heavy atom. The van der Waals surface area contributed by atoms with Crippen LogP contribution in [0.2, 0.25) is 0 Å². The SMILES string of the molecule is CN1CCC(CCNC(=O)N2CCC[C@H]2C(=O)O)CC1. The summed E-state index contributed by atoms with van der Waals surface area (Å²) in [5.41, 5.74) is 0. The van der Waals surface area contributed by atoms with Crippen LogP contribution >= 0.6 is 0 Å². The lowest BCUT2D eigenvalue weighted by molar-refractivity contribution is -0.141. The van der Waals surface area contributed by atoms with Gasteiger partial charge < -0.3 is 20.2 Å². The van der Waals surface area contributed by atoms with Gasteiger partial charge in [0, 0.05) is 13.1 Å². The van der Waals surface area contributed by atoms with Crippen LogP contribution in [0, 0.1) is 5.92 Å². The molecule has 1 atom stereocenters. The van der Waals surface area contributed by atoms with Crippen molar-refractivity contribution >= 4 is 12.0 Å². The van der Waals surface area contributed by atoms with Crippen LogP contribution in [0.3, 0.4) is 0 Å². The molecule has 2 heterocycles. The van der Waals surface area contributed by atoms with Gasteiger partial charge >= 0.3 is 12.0 Å². The zero-order valence-corrected chi connectivity index (χ0v) is 12.2. The zero-order chi connectivity index (χ0) is 14.5. The summed E-state index contributed by atoms with van der Waals surface area (Å²) >= 11 is 0. The van der Waals surface area contributed by atoms with Crippen molar-refractivity contribution in [3.63, 3.8) is 0 Å². The highest BCUT2D eigenvalue weighted by molar-refractivity contribution is 5.83. The normalized spacial score (nSPS) is 24.9. The van der Waals surface area contributed by atoms with Crippen molar-refractivity contribution < 1.29 is 14.7 Å². The van der Waals surface area contributed by atoms with Gasteiger partial charge in [-0.15, -0.1) is 0 Å². The lowest BCUT2D eigenvalue weighted by Crippen LogP contribution is -2.46. The third kappa shape index (κ3) is 3.85. The molecule has 0 aromatic heterocycles. The summed E-state index contributed by atoms with van der Waals surface area (Å²) in [6.07, 6.45) is 4.71. The second-order valence-corrected chi connectivity index (χ2v) is 5.96. The molecule has 20 heavy (non-hydrogen) atoms. The second-order valence-electron chi connectivity index (χ2n) is 5.96. The molecule has 0 aliphatic carbocycles. The van der Waals surface area contributed by atoms with Crippen molar-refractivity contribution in [1.29, 1.82) is 0 Å². The van der Waals surface area contributed by atoms with Gasteiger partial charge in [0.25, 0.3) is 0 Å². The van der Waals surface area contributed by atoms with Crippen LogP contribution in [0.15, 0.2) is 0 Å². The lowest BCUT2D eigenvalue weighted by Gasteiger charge is -2.29. The third-order valence-electron chi connectivity index (χ3n) is 4.47. The van der Waals surface area contributed by atoms with Crippen molar-refractivity contribution in [2.45, 2.75) is 38.1 Å². The Labute approximate surface area is 120 Å². The van der Waals surface area contributed by atoms with Gasteiger partial charge in [0.2, 0.25) is 0 Å². The molecular formula is C14H25N3O3. The van der Waals surface area contributed by atoms with Crippen molar-refractivity contribution in [2.75, 3.05) is 33.2 Å². The summed E-state index contributed by atoms with van der Waals surface area (Å²) < 4.78 is 0. The number of rotatable bonds is 4. The molecule has 0 radical (unpaired) electrons. The fourth-order valence-corrected chi connectivity index (χ4v) is 3.10. The van der Waals surface area contributed by atoms with Gasteiger partial charge in [0.15, 0.2) is 0 Å². The number of carboxylic acids is 1. The van der Waals surface area contributed by atoms with Crippen LogP contribution in [0.1, 0.15) is 32.1 Å². The maximum absolute atomic E-state index is 12.0. The summed E-state index contributed by atoms with van der Waals surface area (Å²) in [5, 5.41) is 11.9. The van der Waals surface area contributed by atoms with Crippen LogP contribution in [0.25, 0.3) is 0 Å². The number of carbonyl (C=O) groups is 2. The summed E-state index contributed by atoms with van der Waals surface area (Å²) in [6.45, 7) is 3.46. The van der Waals surface area contributed by atoms with E-state index in [4.69, 9.17) is 5.11 Å². The number of urea groups is 1. The quantitative estimate of drug-likeness (QED) is 0.806. The molecule has 2 aliphatic heterocycles. The van der Waals surface area contributed by atoms with E-state index < -0.39 is 12.0 Å². The number of aliphatic carboxylic acids is 1. The Balaban J connectivity index is 1.68. The summed E-state index contributed by atoms with van der Waals surface area (Å²) in [5.74, 6) is -0.215. The van der Waals surface area contributed by atoms with Crippen LogP contribution in [-0.2, 0) is 4.79 Å². The third-order valence-corrected chi connectivity index (χ3v) is 4.47. The van der Waals surface area contributed by atoms with Gasteiger partial charge in [-0.2, -0.15) is 0 Å². The van der Waals surface area contributed by atoms with E-state index in [1.54, 1.807) is 0 Å². The van der Waals surface area contributed by atoms with E-state index in [0.29, 0.717) is 25.4 Å². The highest BCUT2D eigenvalue weighted by Gasteiger charge is 2.33. The predicted molar refractivity (Wildman–Crippen MR) is 75.6 cm³/mol. The minimum Gasteiger partial charge on any atom is -0.480 e. The molecular weight excluding hydrogens is 258 g/mol. The molecule has 0 aromatic carbocycles. The Morgan fingerprint density at radius 1 is 1.20 bits per heavy atom. The molecule has 0 saturated carbocycles. The molecule has 2 saturated heterocycles. The predicted octanol–water partition coefficient (Wildman–Crippen LogP) is 0.977. The van der Waals surface area contributed by atoms with Crippen LogP contribution in [0.5, 0.6) is 0 Å². The van der Waals surface area contributed by atoms with Gasteiger partial charge in [0.05, 0.1) is 0 Å². The molecule has 2 amide bonds. The highest BCUT2D eigenvalue weighted by Crippen LogP contribution is 2.19. The van der Waals surface area contributed by atoms with Crippen LogP contribution in [0.4, 0.5) is 4.79 Å². The van der Waals surface area contributed by atoms with E-state index in [1.807, 2.05) is 0 Å². The number of likely N-dealkylation sites (tertiary alicyclic amines) is 2. The van der Waals surface area contributed by atoms with Crippen molar-refractivity contribution in [1.82, 2.24) is 15.1 Å². The van der Waals surface area contributed by atoms with Crippen LogP contribution in [-0.4, -0.2) is 66.2 Å². The number of carbonyl (C=O) groups excluding carboxylic acids is 1. The first-order chi connectivity index (χ1) is 9.58. The average molecular weight is 283 g/mol. The number of carboxylic acid groups (broad SMARTS) is 1. The first-order valence-corrected chi connectivity index (χ1v) is 7.53. The van der Waals surface area contributed by atoms with Crippen molar-refractivity contribution in [3.05, 3.63) is 0 Å².